The molecule has 2 rings (SSSR count). The van der Waals surface area contributed by atoms with E-state index in [9.17, 15) is 0 Å². The lowest BCUT2D eigenvalue weighted by Crippen LogP contribution is -2.29. The SMILES string of the molecule is COc1ccc(Oc2ccc(B(O)O)cc2)cc1OC. The third kappa shape index (κ3) is 3.23. The van der Waals surface area contributed by atoms with Crippen molar-refractivity contribution in [3.63, 3.8) is 0 Å². The van der Waals surface area contributed by atoms with Crippen LogP contribution < -0.4 is 19.7 Å². The third-order valence-corrected chi connectivity index (χ3v) is 2.77. The lowest BCUT2D eigenvalue weighted by molar-refractivity contribution is 0.352. The molecule has 0 aliphatic heterocycles. The molecule has 0 heterocycles. The van der Waals surface area contributed by atoms with E-state index in [0.29, 0.717) is 28.5 Å². The molecule has 0 unspecified atom stereocenters. The van der Waals surface area contributed by atoms with Gasteiger partial charge in [0, 0.05) is 6.07 Å². The molecule has 0 aromatic heterocycles. The molecule has 5 nitrogen and oxygen atoms in total. The standard InChI is InChI=1S/C14H15BO5/c1-18-13-8-7-12(9-14(13)19-2)20-11-5-3-10(4-6-11)15(16)17/h3-9,16-17H,1-2H3. The fourth-order valence-electron chi connectivity index (χ4n) is 1.72. The minimum atomic E-state index is -1.48. The summed E-state index contributed by atoms with van der Waals surface area (Å²) in [5, 5.41) is 18.0. The highest BCUT2D eigenvalue weighted by atomic mass is 16.5. The van der Waals surface area contributed by atoms with Gasteiger partial charge < -0.3 is 24.3 Å². The van der Waals surface area contributed by atoms with Crippen LogP contribution >= 0.6 is 0 Å². The minimum absolute atomic E-state index is 0.407. The molecule has 20 heavy (non-hydrogen) atoms. The summed E-state index contributed by atoms with van der Waals surface area (Å²) in [5.41, 5.74) is 0.407. The second-order valence-electron chi connectivity index (χ2n) is 4.06. The Morgan fingerprint density at radius 3 is 1.95 bits per heavy atom. The summed E-state index contributed by atoms with van der Waals surface area (Å²) >= 11 is 0. The third-order valence-electron chi connectivity index (χ3n) is 2.77. The zero-order chi connectivity index (χ0) is 14.5. The summed E-state index contributed by atoms with van der Waals surface area (Å²) < 4.78 is 16.0. The molecule has 0 fully saturated rings. The quantitative estimate of drug-likeness (QED) is 0.801. The van der Waals surface area contributed by atoms with Gasteiger partial charge in [-0.15, -0.1) is 0 Å². The molecule has 0 amide bonds. The Labute approximate surface area is 117 Å². The zero-order valence-corrected chi connectivity index (χ0v) is 11.2. The van der Waals surface area contributed by atoms with Gasteiger partial charge in [0.2, 0.25) is 0 Å². The number of hydrogen-bond acceptors (Lipinski definition) is 5. The molecule has 0 aliphatic carbocycles. The van der Waals surface area contributed by atoms with E-state index in [1.807, 2.05) is 0 Å². The zero-order valence-electron chi connectivity index (χ0n) is 11.2. The van der Waals surface area contributed by atoms with Gasteiger partial charge in [-0.2, -0.15) is 0 Å². The summed E-state index contributed by atoms with van der Waals surface area (Å²) in [6.45, 7) is 0. The van der Waals surface area contributed by atoms with E-state index in [2.05, 4.69) is 0 Å². The molecule has 0 bridgehead atoms. The van der Waals surface area contributed by atoms with Gasteiger partial charge in [0.05, 0.1) is 14.2 Å². The van der Waals surface area contributed by atoms with Gasteiger partial charge in [-0.1, -0.05) is 12.1 Å². The topological polar surface area (TPSA) is 68.2 Å². The lowest BCUT2D eigenvalue weighted by atomic mass is 9.80. The first-order valence-corrected chi connectivity index (χ1v) is 6.00. The molecule has 6 heteroatoms. The molecular formula is C14H15BO5. The first-order valence-electron chi connectivity index (χ1n) is 6.00. The Balaban J connectivity index is 2.17. The molecule has 0 atom stereocenters. The van der Waals surface area contributed by atoms with E-state index in [4.69, 9.17) is 24.3 Å². The highest BCUT2D eigenvalue weighted by Gasteiger charge is 2.10. The maximum Gasteiger partial charge on any atom is 0.488 e. The molecule has 2 N–H and O–H groups in total. The average molecular weight is 274 g/mol. The second-order valence-corrected chi connectivity index (χ2v) is 4.06. The van der Waals surface area contributed by atoms with Gasteiger partial charge in [0.25, 0.3) is 0 Å². The van der Waals surface area contributed by atoms with Gasteiger partial charge in [0.1, 0.15) is 11.5 Å². The molecule has 0 saturated carbocycles. The van der Waals surface area contributed by atoms with Crippen molar-refractivity contribution >= 4 is 12.6 Å². The molecule has 0 saturated heterocycles. The Kier molecular flexibility index (Phi) is 4.50. The van der Waals surface area contributed by atoms with Crippen molar-refractivity contribution in [2.45, 2.75) is 0 Å². The van der Waals surface area contributed by atoms with Gasteiger partial charge >= 0.3 is 7.12 Å². The van der Waals surface area contributed by atoms with Crippen LogP contribution in [0.4, 0.5) is 0 Å². The summed E-state index contributed by atoms with van der Waals surface area (Å²) in [6, 6.07) is 11.7. The van der Waals surface area contributed by atoms with Crippen LogP contribution in [0.3, 0.4) is 0 Å². The largest absolute Gasteiger partial charge is 0.493 e. The van der Waals surface area contributed by atoms with Crippen molar-refractivity contribution in [3.8, 4) is 23.0 Å². The van der Waals surface area contributed by atoms with Crippen LogP contribution in [0.1, 0.15) is 0 Å². The molecule has 0 spiro atoms. The van der Waals surface area contributed by atoms with E-state index in [1.54, 1.807) is 56.7 Å². The van der Waals surface area contributed by atoms with E-state index in [0.717, 1.165) is 0 Å². The number of hydrogen-bond donors (Lipinski definition) is 2. The van der Waals surface area contributed by atoms with Crippen LogP contribution in [0.2, 0.25) is 0 Å². The Morgan fingerprint density at radius 1 is 0.800 bits per heavy atom. The number of rotatable bonds is 5. The highest BCUT2D eigenvalue weighted by molar-refractivity contribution is 6.58. The van der Waals surface area contributed by atoms with Gasteiger partial charge in [-0.05, 0) is 29.7 Å². The molecular weight excluding hydrogens is 259 g/mol. The van der Waals surface area contributed by atoms with Gasteiger partial charge in [-0.25, -0.2) is 0 Å². The van der Waals surface area contributed by atoms with Crippen molar-refractivity contribution in [1.29, 1.82) is 0 Å². The normalized spacial score (nSPS) is 10.0. The van der Waals surface area contributed by atoms with Crippen molar-refractivity contribution in [2.24, 2.45) is 0 Å². The Bertz CT molecular complexity index is 568. The molecule has 0 aliphatic rings. The van der Waals surface area contributed by atoms with E-state index in [-0.39, 0.29) is 0 Å². The number of benzene rings is 2. The van der Waals surface area contributed by atoms with Crippen LogP contribution in [0, 0.1) is 0 Å². The first-order chi connectivity index (χ1) is 9.63. The smallest absolute Gasteiger partial charge is 0.488 e. The van der Waals surface area contributed by atoms with Crippen LogP contribution in [-0.2, 0) is 0 Å². The summed E-state index contributed by atoms with van der Waals surface area (Å²) in [6.07, 6.45) is 0. The van der Waals surface area contributed by atoms with Crippen molar-refractivity contribution in [2.75, 3.05) is 14.2 Å². The maximum atomic E-state index is 9.01. The summed E-state index contributed by atoms with van der Waals surface area (Å²) in [5.74, 6) is 2.38. The highest BCUT2D eigenvalue weighted by Crippen LogP contribution is 2.32. The van der Waals surface area contributed by atoms with Crippen LogP contribution in [0.25, 0.3) is 0 Å². The van der Waals surface area contributed by atoms with Crippen molar-refractivity contribution in [3.05, 3.63) is 42.5 Å². The fourth-order valence-corrected chi connectivity index (χ4v) is 1.72. The predicted octanol–water partition coefficient (Wildman–Crippen LogP) is 1.18. The van der Waals surface area contributed by atoms with Crippen LogP contribution in [0.15, 0.2) is 42.5 Å². The first kappa shape index (κ1) is 14.2. The van der Waals surface area contributed by atoms with E-state index >= 15 is 0 Å². The number of ether oxygens (including phenoxy) is 3. The summed E-state index contributed by atoms with van der Waals surface area (Å²) in [7, 11) is 1.64. The summed E-state index contributed by atoms with van der Waals surface area (Å²) in [4.78, 5) is 0. The molecule has 2 aromatic carbocycles. The van der Waals surface area contributed by atoms with Crippen LogP contribution in [-0.4, -0.2) is 31.4 Å². The monoisotopic (exact) mass is 274 g/mol. The average Bonchev–Trinajstić information content (AvgIpc) is 2.47. The molecule has 104 valence electrons. The Morgan fingerprint density at radius 2 is 1.40 bits per heavy atom. The van der Waals surface area contributed by atoms with Gasteiger partial charge in [-0.3, -0.25) is 0 Å². The maximum absolute atomic E-state index is 9.01. The fraction of sp³-hybridized carbons (Fsp3) is 0.143. The van der Waals surface area contributed by atoms with Crippen molar-refractivity contribution < 1.29 is 24.3 Å². The van der Waals surface area contributed by atoms with Crippen LogP contribution in [0.5, 0.6) is 23.0 Å². The molecule has 2 aromatic rings. The Hall–Kier alpha value is -2.18. The number of methoxy groups -OCH3 is 2. The molecule has 0 radical (unpaired) electrons. The second kappa shape index (κ2) is 6.32. The van der Waals surface area contributed by atoms with Gasteiger partial charge in [0.15, 0.2) is 11.5 Å². The van der Waals surface area contributed by atoms with Crippen molar-refractivity contribution in [1.82, 2.24) is 0 Å². The van der Waals surface area contributed by atoms with E-state index < -0.39 is 7.12 Å². The van der Waals surface area contributed by atoms with E-state index in [1.165, 1.54) is 0 Å². The minimum Gasteiger partial charge on any atom is -0.493 e. The predicted molar refractivity (Wildman–Crippen MR) is 75.9 cm³/mol. The lowest BCUT2D eigenvalue weighted by Gasteiger charge is -2.11.